The Morgan fingerprint density at radius 3 is 2.55 bits per heavy atom. The van der Waals surface area contributed by atoms with Crippen LogP contribution in [0.15, 0.2) is 18.2 Å². The Morgan fingerprint density at radius 1 is 1.35 bits per heavy atom. The van der Waals surface area contributed by atoms with Crippen LogP contribution in [0.1, 0.15) is 31.3 Å². The van der Waals surface area contributed by atoms with E-state index in [0.717, 1.165) is 16.3 Å². The minimum absolute atomic E-state index is 0.0401. The normalized spacial score (nSPS) is 11.2. The second-order valence-corrected chi connectivity index (χ2v) is 6.54. The number of nitrogens with zero attached hydrogens (tertiary/aromatic N) is 2. The zero-order valence-corrected chi connectivity index (χ0v) is 12.8. The fraction of sp³-hybridized carbons (Fsp3) is 0.333. The van der Waals surface area contributed by atoms with E-state index >= 15 is 0 Å². The number of anilines is 1. The number of nitrogen functional groups attached to an aromatic ring is 1. The van der Waals surface area contributed by atoms with Crippen molar-refractivity contribution in [1.82, 2.24) is 4.98 Å². The SMILES string of the molecule is COc1ccc(-c2nc(C(C)(C)C)sc2N)cc1C#N. The number of nitrogens with two attached hydrogens (primary N) is 1. The Kier molecular flexibility index (Phi) is 3.69. The summed E-state index contributed by atoms with van der Waals surface area (Å²) >= 11 is 1.49. The number of nitriles is 1. The minimum atomic E-state index is -0.0401. The second-order valence-electron chi connectivity index (χ2n) is 5.51. The Balaban J connectivity index is 2.53. The zero-order chi connectivity index (χ0) is 14.9. The molecule has 104 valence electrons. The van der Waals surface area contributed by atoms with E-state index < -0.39 is 0 Å². The summed E-state index contributed by atoms with van der Waals surface area (Å²) in [6.07, 6.45) is 0. The lowest BCUT2D eigenvalue weighted by Gasteiger charge is -2.13. The molecule has 0 saturated carbocycles. The summed E-state index contributed by atoms with van der Waals surface area (Å²) in [4.78, 5) is 4.63. The molecule has 0 spiro atoms. The molecule has 5 heteroatoms. The summed E-state index contributed by atoms with van der Waals surface area (Å²) in [6, 6.07) is 7.52. The summed E-state index contributed by atoms with van der Waals surface area (Å²) in [6.45, 7) is 6.30. The molecular formula is C15H17N3OS. The molecule has 0 bridgehead atoms. The van der Waals surface area contributed by atoms with Crippen LogP contribution in [0.2, 0.25) is 0 Å². The maximum absolute atomic E-state index is 9.15. The van der Waals surface area contributed by atoms with Crippen molar-refractivity contribution >= 4 is 16.3 Å². The molecule has 0 aliphatic carbocycles. The van der Waals surface area contributed by atoms with Gasteiger partial charge in [-0.25, -0.2) is 4.98 Å². The van der Waals surface area contributed by atoms with Crippen molar-refractivity contribution in [3.63, 3.8) is 0 Å². The van der Waals surface area contributed by atoms with Gasteiger partial charge in [-0.3, -0.25) is 0 Å². The molecule has 2 rings (SSSR count). The van der Waals surface area contributed by atoms with Gasteiger partial charge in [0.05, 0.1) is 12.7 Å². The Hall–Kier alpha value is -2.06. The van der Waals surface area contributed by atoms with Crippen LogP contribution >= 0.6 is 11.3 Å². The van der Waals surface area contributed by atoms with Gasteiger partial charge in [-0.2, -0.15) is 5.26 Å². The first kappa shape index (κ1) is 14.4. The highest BCUT2D eigenvalue weighted by molar-refractivity contribution is 7.16. The number of hydrogen-bond acceptors (Lipinski definition) is 5. The molecule has 0 unspecified atom stereocenters. The second kappa shape index (κ2) is 5.14. The third-order valence-corrected chi connectivity index (χ3v) is 4.20. The van der Waals surface area contributed by atoms with Gasteiger partial charge in [0, 0.05) is 11.0 Å². The maximum atomic E-state index is 9.15. The van der Waals surface area contributed by atoms with Crippen molar-refractivity contribution in [2.24, 2.45) is 0 Å². The third kappa shape index (κ3) is 2.61. The van der Waals surface area contributed by atoms with E-state index in [1.54, 1.807) is 19.2 Å². The van der Waals surface area contributed by atoms with Crippen molar-refractivity contribution in [3.05, 3.63) is 28.8 Å². The molecule has 0 fully saturated rings. The van der Waals surface area contributed by atoms with Gasteiger partial charge in [0.1, 0.15) is 27.5 Å². The molecule has 0 aliphatic heterocycles. The van der Waals surface area contributed by atoms with Crippen molar-refractivity contribution < 1.29 is 4.74 Å². The van der Waals surface area contributed by atoms with Gasteiger partial charge < -0.3 is 10.5 Å². The van der Waals surface area contributed by atoms with E-state index in [9.17, 15) is 0 Å². The first-order valence-electron chi connectivity index (χ1n) is 6.22. The van der Waals surface area contributed by atoms with E-state index in [-0.39, 0.29) is 5.41 Å². The summed E-state index contributed by atoms with van der Waals surface area (Å²) in [7, 11) is 1.55. The number of hydrogen-bond donors (Lipinski definition) is 1. The molecular weight excluding hydrogens is 270 g/mol. The van der Waals surface area contributed by atoms with E-state index in [4.69, 9.17) is 15.7 Å². The van der Waals surface area contributed by atoms with Crippen molar-refractivity contribution in [3.8, 4) is 23.1 Å². The largest absolute Gasteiger partial charge is 0.495 e. The Bertz CT molecular complexity index is 677. The maximum Gasteiger partial charge on any atom is 0.136 e. The van der Waals surface area contributed by atoms with Crippen LogP contribution in [0, 0.1) is 11.3 Å². The summed E-state index contributed by atoms with van der Waals surface area (Å²) in [5.74, 6) is 0.557. The van der Waals surface area contributed by atoms with Gasteiger partial charge >= 0.3 is 0 Å². The highest BCUT2D eigenvalue weighted by Crippen LogP contribution is 2.37. The quantitative estimate of drug-likeness (QED) is 0.916. The van der Waals surface area contributed by atoms with Gasteiger partial charge in [-0.05, 0) is 18.2 Å². The van der Waals surface area contributed by atoms with Crippen LogP contribution < -0.4 is 10.5 Å². The monoisotopic (exact) mass is 287 g/mol. The zero-order valence-electron chi connectivity index (χ0n) is 12.0. The third-order valence-electron chi connectivity index (χ3n) is 2.89. The molecule has 0 radical (unpaired) electrons. The molecule has 4 nitrogen and oxygen atoms in total. The molecule has 2 aromatic rings. The number of thiazole rings is 1. The van der Waals surface area contributed by atoms with Crippen LogP contribution in [-0.2, 0) is 5.41 Å². The first-order chi connectivity index (χ1) is 9.36. The number of methoxy groups -OCH3 is 1. The van der Waals surface area contributed by atoms with E-state index in [2.05, 4.69) is 31.8 Å². The van der Waals surface area contributed by atoms with Gasteiger partial charge in [0.2, 0.25) is 0 Å². The molecule has 1 aromatic heterocycles. The topological polar surface area (TPSA) is 71.9 Å². The van der Waals surface area contributed by atoms with E-state index in [0.29, 0.717) is 16.3 Å². The highest BCUT2D eigenvalue weighted by Gasteiger charge is 2.21. The van der Waals surface area contributed by atoms with E-state index in [1.807, 2.05) is 6.07 Å². The highest BCUT2D eigenvalue weighted by atomic mass is 32.1. The van der Waals surface area contributed by atoms with E-state index in [1.165, 1.54) is 11.3 Å². The van der Waals surface area contributed by atoms with Crippen molar-refractivity contribution in [2.75, 3.05) is 12.8 Å². The lowest BCUT2D eigenvalue weighted by atomic mass is 9.98. The average Bonchev–Trinajstić information content (AvgIpc) is 2.80. The predicted molar refractivity (Wildman–Crippen MR) is 81.9 cm³/mol. The van der Waals surface area contributed by atoms with Crippen LogP contribution in [0.3, 0.4) is 0 Å². The smallest absolute Gasteiger partial charge is 0.136 e. The predicted octanol–water partition coefficient (Wildman–Crippen LogP) is 3.57. The first-order valence-corrected chi connectivity index (χ1v) is 7.03. The molecule has 1 aromatic carbocycles. The molecule has 20 heavy (non-hydrogen) atoms. The summed E-state index contributed by atoms with van der Waals surface area (Å²) in [5.41, 5.74) is 8.09. The number of aromatic nitrogens is 1. The lowest BCUT2D eigenvalue weighted by molar-refractivity contribution is 0.413. The minimum Gasteiger partial charge on any atom is -0.495 e. The van der Waals surface area contributed by atoms with Crippen LogP contribution in [0.25, 0.3) is 11.3 Å². The van der Waals surface area contributed by atoms with Crippen LogP contribution in [0.4, 0.5) is 5.00 Å². The van der Waals surface area contributed by atoms with Crippen LogP contribution in [-0.4, -0.2) is 12.1 Å². The molecule has 0 atom stereocenters. The van der Waals surface area contributed by atoms with Gasteiger partial charge in [-0.1, -0.05) is 20.8 Å². The fourth-order valence-corrected chi connectivity index (χ4v) is 2.71. The van der Waals surface area contributed by atoms with Crippen LogP contribution in [0.5, 0.6) is 5.75 Å². The van der Waals surface area contributed by atoms with Crippen molar-refractivity contribution in [2.45, 2.75) is 26.2 Å². The van der Waals surface area contributed by atoms with Gasteiger partial charge in [0.25, 0.3) is 0 Å². The lowest BCUT2D eigenvalue weighted by Crippen LogP contribution is -2.10. The summed E-state index contributed by atoms with van der Waals surface area (Å²) in [5, 5.41) is 10.8. The Labute approximate surface area is 122 Å². The van der Waals surface area contributed by atoms with Crippen molar-refractivity contribution in [1.29, 1.82) is 5.26 Å². The standard InChI is InChI=1S/C15H17N3OS/c1-15(2,3)14-18-12(13(17)20-14)9-5-6-11(19-4)10(7-9)8-16/h5-7H,17H2,1-4H3. The number of benzene rings is 1. The number of ether oxygens (including phenoxy) is 1. The fourth-order valence-electron chi connectivity index (χ4n) is 1.80. The van der Waals surface area contributed by atoms with Gasteiger partial charge in [-0.15, -0.1) is 11.3 Å². The molecule has 2 N–H and O–H groups in total. The summed E-state index contributed by atoms with van der Waals surface area (Å²) < 4.78 is 5.15. The molecule has 1 heterocycles. The molecule has 0 saturated heterocycles. The molecule has 0 aliphatic rings. The Morgan fingerprint density at radius 2 is 2.05 bits per heavy atom. The van der Waals surface area contributed by atoms with Gasteiger partial charge in [0.15, 0.2) is 0 Å². The molecule has 0 amide bonds. The average molecular weight is 287 g/mol. The number of rotatable bonds is 2.